The van der Waals surface area contributed by atoms with Crippen molar-refractivity contribution in [1.29, 1.82) is 0 Å². The molecule has 4 rings (SSSR count). The molecule has 0 bridgehead atoms. The van der Waals surface area contributed by atoms with Gasteiger partial charge in [-0.25, -0.2) is 13.4 Å². The predicted octanol–water partition coefficient (Wildman–Crippen LogP) is 2.17. The maximum absolute atomic E-state index is 13.3. The van der Waals surface area contributed by atoms with Crippen LogP contribution in [-0.2, 0) is 19.4 Å². The SMILES string of the molecule is O=C(Nc1ncc(F)s1)C(CC1CCN(C(=O)CO)C1)c1ccc(S(=O)(=O)C2CC2)cc1. The Morgan fingerprint density at radius 1 is 1.25 bits per heavy atom. The van der Waals surface area contributed by atoms with Crippen LogP contribution < -0.4 is 5.32 Å². The lowest BCUT2D eigenvalue weighted by molar-refractivity contribution is -0.133. The van der Waals surface area contributed by atoms with Crippen LogP contribution in [-0.4, -0.2) is 60.2 Å². The number of nitrogens with one attached hydrogen (secondary N) is 1. The van der Waals surface area contributed by atoms with E-state index in [-0.39, 0.29) is 33.0 Å². The average Bonchev–Trinajstić information content (AvgIpc) is 3.42. The summed E-state index contributed by atoms with van der Waals surface area (Å²) < 4.78 is 38.3. The van der Waals surface area contributed by atoms with Gasteiger partial charge in [0.15, 0.2) is 20.1 Å². The molecule has 2 atom stereocenters. The number of halogens is 1. The summed E-state index contributed by atoms with van der Waals surface area (Å²) in [5.41, 5.74) is 0.640. The molecule has 1 aliphatic heterocycles. The molecule has 2 amide bonds. The summed E-state index contributed by atoms with van der Waals surface area (Å²) in [5.74, 6) is -1.32. The highest BCUT2D eigenvalue weighted by atomic mass is 32.2. The highest BCUT2D eigenvalue weighted by molar-refractivity contribution is 7.92. The molecule has 2 aliphatic rings. The first-order valence-electron chi connectivity index (χ1n) is 10.4. The Balaban J connectivity index is 1.54. The van der Waals surface area contributed by atoms with Crippen molar-refractivity contribution < 1.29 is 27.5 Å². The van der Waals surface area contributed by atoms with Gasteiger partial charge in [-0.05, 0) is 49.3 Å². The highest BCUT2D eigenvalue weighted by Gasteiger charge is 2.37. The van der Waals surface area contributed by atoms with Crippen molar-refractivity contribution >= 4 is 38.1 Å². The van der Waals surface area contributed by atoms with E-state index < -0.39 is 27.5 Å². The highest BCUT2D eigenvalue weighted by Crippen LogP contribution is 2.35. The lowest BCUT2D eigenvalue weighted by atomic mass is 9.87. The molecule has 2 fully saturated rings. The Morgan fingerprint density at radius 2 is 1.97 bits per heavy atom. The van der Waals surface area contributed by atoms with Crippen molar-refractivity contribution in [3.63, 3.8) is 0 Å². The normalized spacial score (nSPS) is 19.7. The number of rotatable bonds is 8. The van der Waals surface area contributed by atoms with Crippen LogP contribution >= 0.6 is 11.3 Å². The predicted molar refractivity (Wildman–Crippen MR) is 116 cm³/mol. The van der Waals surface area contributed by atoms with Crippen LogP contribution in [0, 0.1) is 11.0 Å². The smallest absolute Gasteiger partial charge is 0.248 e. The molecule has 1 saturated carbocycles. The molecule has 2 unspecified atom stereocenters. The van der Waals surface area contributed by atoms with Crippen molar-refractivity contribution in [3.05, 3.63) is 41.2 Å². The summed E-state index contributed by atoms with van der Waals surface area (Å²) in [4.78, 5) is 30.5. The maximum atomic E-state index is 13.3. The van der Waals surface area contributed by atoms with Crippen LogP contribution in [0.5, 0.6) is 0 Å². The molecule has 0 spiro atoms. The molecular formula is C21H24FN3O5S2. The van der Waals surface area contributed by atoms with Gasteiger partial charge < -0.3 is 15.3 Å². The number of aliphatic hydroxyl groups excluding tert-OH is 1. The van der Waals surface area contributed by atoms with E-state index >= 15 is 0 Å². The van der Waals surface area contributed by atoms with Crippen LogP contribution in [0.15, 0.2) is 35.4 Å². The number of amides is 2. The molecule has 11 heteroatoms. The van der Waals surface area contributed by atoms with Crippen molar-refractivity contribution in [2.75, 3.05) is 25.0 Å². The molecule has 2 N–H and O–H groups in total. The minimum Gasteiger partial charge on any atom is -0.387 e. The van der Waals surface area contributed by atoms with Gasteiger partial charge in [0.05, 0.1) is 22.3 Å². The standard InChI is InChI=1S/C21H24FN3O5S2/c22-18-10-23-21(31-18)24-20(28)17(9-13-7-8-25(11-13)19(27)12-26)14-1-3-15(4-2-14)32(29,30)16-5-6-16/h1-4,10,13,16-17,26H,5-9,11-12H2,(H,23,24,28). The number of hydrogen-bond acceptors (Lipinski definition) is 7. The minimum absolute atomic E-state index is 0.0316. The Labute approximate surface area is 189 Å². The van der Waals surface area contributed by atoms with Gasteiger partial charge in [-0.2, -0.15) is 4.39 Å². The topological polar surface area (TPSA) is 117 Å². The first-order valence-corrected chi connectivity index (χ1v) is 12.8. The number of benzene rings is 1. The van der Waals surface area contributed by atoms with Gasteiger partial charge in [-0.15, -0.1) is 0 Å². The zero-order valence-corrected chi connectivity index (χ0v) is 18.9. The lowest BCUT2D eigenvalue weighted by Gasteiger charge is -2.21. The second-order valence-electron chi connectivity index (χ2n) is 8.21. The van der Waals surface area contributed by atoms with E-state index in [1.54, 1.807) is 17.0 Å². The summed E-state index contributed by atoms with van der Waals surface area (Å²) in [5, 5.41) is 11.0. The minimum atomic E-state index is -3.33. The average molecular weight is 482 g/mol. The van der Waals surface area contributed by atoms with Crippen molar-refractivity contribution in [2.24, 2.45) is 5.92 Å². The number of likely N-dealkylation sites (tertiary alicyclic amines) is 1. The van der Waals surface area contributed by atoms with Gasteiger partial charge >= 0.3 is 0 Å². The van der Waals surface area contributed by atoms with Gasteiger partial charge in [0, 0.05) is 13.1 Å². The zero-order valence-electron chi connectivity index (χ0n) is 17.2. The second-order valence-corrected chi connectivity index (χ2v) is 11.4. The van der Waals surface area contributed by atoms with E-state index in [4.69, 9.17) is 5.11 Å². The third-order valence-electron chi connectivity index (χ3n) is 5.94. The Kier molecular flexibility index (Phi) is 6.59. The lowest BCUT2D eigenvalue weighted by Crippen LogP contribution is -2.31. The van der Waals surface area contributed by atoms with Crippen LogP contribution in [0.2, 0.25) is 0 Å². The number of thiazole rings is 1. The van der Waals surface area contributed by atoms with E-state index in [1.165, 1.54) is 12.1 Å². The fourth-order valence-electron chi connectivity index (χ4n) is 4.04. The third-order valence-corrected chi connectivity index (χ3v) is 8.92. The third kappa shape index (κ3) is 5.00. The van der Waals surface area contributed by atoms with Crippen LogP contribution in [0.1, 0.15) is 37.2 Å². The Hall–Kier alpha value is -2.37. The summed E-state index contributed by atoms with van der Waals surface area (Å²) in [7, 11) is -3.33. The number of sulfone groups is 1. The summed E-state index contributed by atoms with van der Waals surface area (Å²) in [6.45, 7) is 0.390. The van der Waals surface area contributed by atoms with E-state index in [9.17, 15) is 22.4 Å². The molecule has 172 valence electrons. The van der Waals surface area contributed by atoms with Crippen molar-refractivity contribution in [2.45, 2.75) is 41.7 Å². The van der Waals surface area contributed by atoms with E-state index in [1.807, 2.05) is 0 Å². The number of nitrogens with zero attached hydrogens (tertiary/aromatic N) is 2. The first kappa shape index (κ1) is 22.8. The molecule has 1 aromatic carbocycles. The number of carbonyl (C=O) groups excluding carboxylic acids is 2. The van der Waals surface area contributed by atoms with Gasteiger partial charge in [0.25, 0.3) is 0 Å². The summed E-state index contributed by atoms with van der Waals surface area (Å²) >= 11 is 0.725. The first-order chi connectivity index (χ1) is 15.3. The quantitative estimate of drug-likeness (QED) is 0.597. The molecule has 1 aromatic heterocycles. The Morgan fingerprint density at radius 3 is 2.56 bits per heavy atom. The summed E-state index contributed by atoms with van der Waals surface area (Å²) in [6.07, 6.45) is 3.48. The van der Waals surface area contributed by atoms with Gasteiger partial charge in [0.2, 0.25) is 11.8 Å². The van der Waals surface area contributed by atoms with E-state index in [0.717, 1.165) is 17.5 Å². The number of anilines is 1. The molecule has 32 heavy (non-hydrogen) atoms. The number of carbonyl (C=O) groups is 2. The largest absolute Gasteiger partial charge is 0.387 e. The number of hydrogen-bond donors (Lipinski definition) is 2. The van der Waals surface area contributed by atoms with Gasteiger partial charge in [-0.3, -0.25) is 9.59 Å². The number of aliphatic hydroxyl groups is 1. The van der Waals surface area contributed by atoms with Crippen LogP contribution in [0.3, 0.4) is 0 Å². The summed E-state index contributed by atoms with van der Waals surface area (Å²) in [6, 6.07) is 6.35. The molecule has 2 heterocycles. The number of aromatic nitrogens is 1. The van der Waals surface area contributed by atoms with Crippen molar-refractivity contribution in [3.8, 4) is 0 Å². The molecule has 2 aromatic rings. The molecule has 1 aliphatic carbocycles. The monoisotopic (exact) mass is 481 g/mol. The molecule has 8 nitrogen and oxygen atoms in total. The van der Waals surface area contributed by atoms with Crippen LogP contribution in [0.25, 0.3) is 0 Å². The van der Waals surface area contributed by atoms with E-state index in [0.29, 0.717) is 44.3 Å². The zero-order chi connectivity index (χ0) is 22.9. The van der Waals surface area contributed by atoms with Crippen molar-refractivity contribution in [1.82, 2.24) is 9.88 Å². The maximum Gasteiger partial charge on any atom is 0.248 e. The van der Waals surface area contributed by atoms with Gasteiger partial charge in [-0.1, -0.05) is 23.5 Å². The fourth-order valence-corrected chi connectivity index (χ4v) is 6.25. The molecule has 1 saturated heterocycles. The van der Waals surface area contributed by atoms with Crippen LogP contribution in [0.4, 0.5) is 9.52 Å². The second kappa shape index (κ2) is 9.24. The van der Waals surface area contributed by atoms with Gasteiger partial charge in [0.1, 0.15) is 6.61 Å². The molecular weight excluding hydrogens is 457 g/mol. The Bertz CT molecular complexity index is 1100. The molecule has 0 radical (unpaired) electrons. The van der Waals surface area contributed by atoms with E-state index in [2.05, 4.69) is 10.3 Å². The fraction of sp³-hybridized carbons (Fsp3) is 0.476.